The number of anilines is 1. The Kier molecular flexibility index (Phi) is 4.11. The molecular weight excluding hydrogens is 362 g/mol. The first-order valence-corrected chi connectivity index (χ1v) is 10.2. The van der Waals surface area contributed by atoms with Crippen molar-refractivity contribution in [1.29, 1.82) is 0 Å². The summed E-state index contributed by atoms with van der Waals surface area (Å²) in [5, 5.41) is 12.4. The molecule has 142 valence electrons. The van der Waals surface area contributed by atoms with E-state index in [1.807, 2.05) is 23.1 Å². The number of nitrogens with one attached hydrogen (secondary N) is 1. The van der Waals surface area contributed by atoms with Crippen LogP contribution in [0.5, 0.6) is 0 Å². The Balaban J connectivity index is 1.32. The van der Waals surface area contributed by atoms with Gasteiger partial charge in [-0.25, -0.2) is 4.79 Å². The lowest BCUT2D eigenvalue weighted by Crippen LogP contribution is -2.63. The van der Waals surface area contributed by atoms with Gasteiger partial charge in [-0.2, -0.15) is 15.0 Å². The molecule has 2 aromatic rings. The highest BCUT2D eigenvalue weighted by atomic mass is 35.5. The fourth-order valence-electron chi connectivity index (χ4n) is 5.09. The van der Waals surface area contributed by atoms with E-state index >= 15 is 0 Å². The zero-order chi connectivity index (χ0) is 18.5. The van der Waals surface area contributed by atoms with Crippen molar-refractivity contribution in [3.05, 3.63) is 41.2 Å². The number of carbonyl (C=O) groups excluding carboxylic acids is 1. The van der Waals surface area contributed by atoms with Gasteiger partial charge in [0.05, 0.1) is 18.4 Å². The molecule has 6 rings (SSSR count). The summed E-state index contributed by atoms with van der Waals surface area (Å²) in [6.45, 7) is 2.28. The molecule has 3 heterocycles. The van der Waals surface area contributed by atoms with Crippen molar-refractivity contribution in [3.8, 4) is 0 Å². The minimum Gasteiger partial charge on any atom is -0.318 e. The van der Waals surface area contributed by atoms with E-state index in [-0.39, 0.29) is 18.0 Å². The average Bonchev–Trinajstić information content (AvgIpc) is 3.10. The predicted octanol–water partition coefficient (Wildman–Crippen LogP) is 4.45. The number of aromatic nitrogens is 3. The molecule has 1 aromatic carbocycles. The van der Waals surface area contributed by atoms with Gasteiger partial charge >= 0.3 is 6.03 Å². The number of amides is 2. The number of hydrogen-bond donors (Lipinski definition) is 1. The topological polar surface area (TPSA) is 63.1 Å². The number of rotatable bonds is 3. The van der Waals surface area contributed by atoms with E-state index in [0.717, 1.165) is 54.3 Å². The van der Waals surface area contributed by atoms with Crippen LogP contribution < -0.4 is 5.32 Å². The first-order valence-electron chi connectivity index (χ1n) is 9.84. The largest absolute Gasteiger partial charge is 0.322 e. The molecule has 2 saturated carbocycles. The highest BCUT2D eigenvalue weighted by Gasteiger charge is 2.46. The summed E-state index contributed by atoms with van der Waals surface area (Å²) in [6.07, 6.45) is 8.91. The van der Waals surface area contributed by atoms with Gasteiger partial charge in [-0.1, -0.05) is 18.5 Å². The molecule has 7 heteroatoms. The molecule has 0 spiro atoms. The van der Waals surface area contributed by atoms with Crippen LogP contribution in [0.3, 0.4) is 0 Å². The standard InChI is InChI=1S/C20H24ClN5O/c1-12-8-14-11-15(9-12)25(14)20(27)24-13-2-4-18(21)17(10-13)16-3-5-19(16)26-22-6-7-23-26/h2,4,6-7,10,12,14-16,19H,3,5,8-9,11H2,1H3,(H,24,27)/t12?,14?,15?,16-,19+/m0/s1. The van der Waals surface area contributed by atoms with Crippen molar-refractivity contribution >= 4 is 23.3 Å². The quantitative estimate of drug-likeness (QED) is 0.848. The van der Waals surface area contributed by atoms with Gasteiger partial charge in [0.25, 0.3) is 0 Å². The van der Waals surface area contributed by atoms with Crippen LogP contribution in [0.25, 0.3) is 0 Å². The molecule has 0 radical (unpaired) electrons. The first-order chi connectivity index (χ1) is 13.1. The lowest BCUT2D eigenvalue weighted by molar-refractivity contribution is -0.00601. The van der Waals surface area contributed by atoms with Gasteiger partial charge < -0.3 is 10.2 Å². The molecule has 2 amide bonds. The Bertz CT molecular complexity index is 842. The van der Waals surface area contributed by atoms with Crippen LogP contribution in [0.1, 0.15) is 56.6 Å². The van der Waals surface area contributed by atoms with Crippen LogP contribution in [0.2, 0.25) is 5.02 Å². The van der Waals surface area contributed by atoms with Crippen molar-refractivity contribution in [3.63, 3.8) is 0 Å². The van der Waals surface area contributed by atoms with Crippen molar-refractivity contribution in [2.75, 3.05) is 5.32 Å². The van der Waals surface area contributed by atoms with Gasteiger partial charge in [0.1, 0.15) is 0 Å². The third-order valence-electron chi connectivity index (χ3n) is 6.53. The third kappa shape index (κ3) is 2.90. The van der Waals surface area contributed by atoms with Crippen molar-refractivity contribution in [2.24, 2.45) is 5.92 Å². The Morgan fingerprint density at radius 2 is 1.89 bits per heavy atom. The lowest BCUT2D eigenvalue weighted by Gasteiger charge is -2.54. The summed E-state index contributed by atoms with van der Waals surface area (Å²) in [5.41, 5.74) is 1.89. The monoisotopic (exact) mass is 385 g/mol. The maximum Gasteiger partial charge on any atom is 0.322 e. The highest BCUT2D eigenvalue weighted by molar-refractivity contribution is 6.31. The molecule has 2 saturated heterocycles. The number of nitrogens with zero attached hydrogens (tertiary/aromatic N) is 4. The fraction of sp³-hybridized carbons (Fsp3) is 0.550. The molecule has 1 N–H and O–H groups in total. The van der Waals surface area contributed by atoms with Gasteiger partial charge in [0.2, 0.25) is 0 Å². The number of hydrogen-bond acceptors (Lipinski definition) is 3. The first kappa shape index (κ1) is 17.0. The lowest BCUT2D eigenvalue weighted by atomic mass is 9.74. The molecule has 6 nitrogen and oxygen atoms in total. The Morgan fingerprint density at radius 1 is 1.15 bits per heavy atom. The molecule has 1 aromatic heterocycles. The second-order valence-electron chi connectivity index (χ2n) is 8.29. The molecule has 4 aliphatic rings. The van der Waals surface area contributed by atoms with E-state index in [1.165, 1.54) is 0 Å². The van der Waals surface area contributed by atoms with E-state index in [9.17, 15) is 4.79 Å². The maximum atomic E-state index is 12.8. The van der Waals surface area contributed by atoms with Crippen LogP contribution in [0.4, 0.5) is 10.5 Å². The summed E-state index contributed by atoms with van der Waals surface area (Å²) in [7, 11) is 0. The van der Waals surface area contributed by atoms with Crippen LogP contribution in [-0.4, -0.2) is 38.0 Å². The Hall–Kier alpha value is -2.08. The summed E-state index contributed by atoms with van der Waals surface area (Å²) < 4.78 is 0. The van der Waals surface area contributed by atoms with Gasteiger partial charge in [-0.15, -0.1) is 0 Å². The third-order valence-corrected chi connectivity index (χ3v) is 6.88. The highest BCUT2D eigenvalue weighted by Crippen LogP contribution is 2.48. The van der Waals surface area contributed by atoms with Gasteiger partial charge in [-0.3, -0.25) is 0 Å². The minimum absolute atomic E-state index is 0.0234. The molecule has 2 aliphatic carbocycles. The van der Waals surface area contributed by atoms with Gasteiger partial charge in [-0.05, 0) is 61.8 Å². The number of benzene rings is 1. The van der Waals surface area contributed by atoms with Crippen LogP contribution in [-0.2, 0) is 0 Å². The number of halogens is 1. The van der Waals surface area contributed by atoms with E-state index in [2.05, 4.69) is 22.4 Å². The van der Waals surface area contributed by atoms with Crippen LogP contribution in [0.15, 0.2) is 30.6 Å². The Morgan fingerprint density at radius 3 is 2.56 bits per heavy atom. The van der Waals surface area contributed by atoms with E-state index in [0.29, 0.717) is 12.1 Å². The van der Waals surface area contributed by atoms with Crippen molar-refractivity contribution in [1.82, 2.24) is 19.9 Å². The van der Waals surface area contributed by atoms with Crippen LogP contribution >= 0.6 is 11.6 Å². The molecule has 27 heavy (non-hydrogen) atoms. The molecule has 2 unspecified atom stereocenters. The maximum absolute atomic E-state index is 12.8. The molecule has 4 fully saturated rings. The zero-order valence-corrected chi connectivity index (χ0v) is 16.1. The van der Waals surface area contributed by atoms with Crippen molar-refractivity contribution < 1.29 is 4.79 Å². The summed E-state index contributed by atoms with van der Waals surface area (Å²) in [5.74, 6) is 1.01. The summed E-state index contributed by atoms with van der Waals surface area (Å²) >= 11 is 6.49. The summed E-state index contributed by atoms with van der Waals surface area (Å²) in [4.78, 5) is 16.6. The SMILES string of the molecule is CC1CC2CC(C1)N2C(=O)Nc1ccc(Cl)c([C@@H]2CC[C@H]2n2nccn2)c1. The minimum atomic E-state index is 0.0234. The second-order valence-corrected chi connectivity index (χ2v) is 8.70. The number of piperidine rings is 1. The smallest absolute Gasteiger partial charge is 0.318 e. The average molecular weight is 386 g/mol. The van der Waals surface area contributed by atoms with Gasteiger partial charge in [0.15, 0.2) is 0 Å². The van der Waals surface area contributed by atoms with E-state index < -0.39 is 0 Å². The van der Waals surface area contributed by atoms with Crippen LogP contribution in [0, 0.1) is 5.92 Å². The molecular formula is C20H24ClN5O. The van der Waals surface area contributed by atoms with Crippen molar-refractivity contribution in [2.45, 2.75) is 63.1 Å². The summed E-state index contributed by atoms with van der Waals surface area (Å²) in [6, 6.07) is 6.88. The van der Waals surface area contributed by atoms with E-state index in [1.54, 1.807) is 17.2 Å². The fourth-order valence-corrected chi connectivity index (χ4v) is 5.35. The Labute approximate surface area is 163 Å². The van der Waals surface area contributed by atoms with Gasteiger partial charge in [0, 0.05) is 28.7 Å². The number of carbonyl (C=O) groups is 1. The van der Waals surface area contributed by atoms with E-state index in [4.69, 9.17) is 11.6 Å². The normalized spacial score (nSPS) is 31.8. The second kappa shape index (κ2) is 6.51. The molecule has 2 bridgehead atoms. The zero-order valence-electron chi connectivity index (χ0n) is 15.4. The molecule has 4 atom stereocenters. The molecule has 2 aliphatic heterocycles. The number of urea groups is 1. The predicted molar refractivity (Wildman–Crippen MR) is 104 cm³/mol. The number of fused-ring (bicyclic) bond motifs is 2.